The molecule has 96 valence electrons. The topological polar surface area (TPSA) is 41.1 Å². The molecule has 0 spiro atoms. The molecule has 0 radical (unpaired) electrons. The maximum Gasteiger partial charge on any atom is 0.226 e. The number of hydrogen-bond acceptors (Lipinski definition) is 2. The molecule has 18 heavy (non-hydrogen) atoms. The van der Waals surface area contributed by atoms with E-state index < -0.39 is 0 Å². The van der Waals surface area contributed by atoms with Gasteiger partial charge in [-0.3, -0.25) is 10.1 Å². The lowest BCUT2D eigenvalue weighted by molar-refractivity contribution is -0.130. The maximum atomic E-state index is 12.2. The highest BCUT2D eigenvalue weighted by atomic mass is 79.9. The van der Waals surface area contributed by atoms with E-state index in [9.17, 15) is 4.79 Å². The van der Waals surface area contributed by atoms with Crippen LogP contribution in [0.2, 0.25) is 0 Å². The van der Waals surface area contributed by atoms with E-state index in [1.165, 1.54) is 0 Å². The van der Waals surface area contributed by atoms with Gasteiger partial charge in [-0.15, -0.1) is 0 Å². The molecule has 1 aliphatic heterocycles. The molecule has 3 nitrogen and oxygen atoms in total. The van der Waals surface area contributed by atoms with Crippen LogP contribution in [-0.4, -0.2) is 16.8 Å². The number of rotatable bonds is 1. The van der Waals surface area contributed by atoms with Crippen LogP contribution < -0.4 is 10.6 Å². The van der Waals surface area contributed by atoms with Gasteiger partial charge >= 0.3 is 0 Å². The fraction of sp³-hybridized carbons (Fsp3) is 0.500. The molecule has 1 saturated heterocycles. The normalized spacial score (nSPS) is 35.7. The molecule has 4 unspecified atom stereocenters. The molecule has 2 N–H and O–H groups in total. The summed E-state index contributed by atoms with van der Waals surface area (Å²) in [7, 11) is 0. The van der Waals surface area contributed by atoms with Crippen LogP contribution in [0.3, 0.4) is 0 Å². The Balaban J connectivity index is 1.77. The van der Waals surface area contributed by atoms with E-state index >= 15 is 0 Å². The first-order valence-electron chi connectivity index (χ1n) is 6.49. The van der Waals surface area contributed by atoms with Crippen LogP contribution in [0.25, 0.3) is 0 Å². The first-order valence-corrected chi connectivity index (χ1v) is 7.41. The van der Waals surface area contributed by atoms with Crippen molar-refractivity contribution in [1.29, 1.82) is 0 Å². The van der Waals surface area contributed by atoms with E-state index in [2.05, 4.69) is 26.6 Å². The number of hydrogen-bond donors (Lipinski definition) is 2. The van der Waals surface area contributed by atoms with Gasteiger partial charge in [-0.25, -0.2) is 0 Å². The monoisotopic (exact) mass is 308 g/mol. The van der Waals surface area contributed by atoms with Gasteiger partial charge in [0, 0.05) is 10.9 Å². The largest absolute Gasteiger partial charge is 0.336 e. The van der Waals surface area contributed by atoms with E-state index in [1.807, 2.05) is 30.3 Å². The second kappa shape index (κ2) is 5.02. The summed E-state index contributed by atoms with van der Waals surface area (Å²) < 4.78 is 0. The van der Waals surface area contributed by atoms with E-state index in [-0.39, 0.29) is 18.0 Å². The molecule has 0 aromatic heterocycles. The van der Waals surface area contributed by atoms with Crippen LogP contribution >= 0.6 is 15.9 Å². The van der Waals surface area contributed by atoms with Crippen molar-refractivity contribution in [3.05, 3.63) is 35.9 Å². The average Bonchev–Trinajstić information content (AvgIpc) is 2.40. The number of alkyl halides is 1. The average molecular weight is 309 g/mol. The van der Waals surface area contributed by atoms with Gasteiger partial charge in [-0.1, -0.05) is 46.3 Å². The Bertz CT molecular complexity index is 437. The van der Waals surface area contributed by atoms with Crippen molar-refractivity contribution in [3.8, 4) is 0 Å². The molecule has 4 atom stereocenters. The number of carbonyl (C=O) groups excluding carboxylic acids is 1. The SMILES string of the molecule is O=C1NC(c2ccccc2)NC2CCC(Br)CC12. The van der Waals surface area contributed by atoms with Crippen molar-refractivity contribution in [1.82, 2.24) is 10.6 Å². The standard InChI is InChI=1S/C14H17BrN2O/c15-10-6-7-12-11(8-10)14(18)17-13(16-12)9-4-2-1-3-5-9/h1-5,10-13,16H,6-8H2,(H,17,18). The Morgan fingerprint density at radius 1 is 1.17 bits per heavy atom. The molecule has 1 amide bonds. The molecule has 4 heteroatoms. The summed E-state index contributed by atoms with van der Waals surface area (Å²) in [6.07, 6.45) is 3.11. The van der Waals surface area contributed by atoms with E-state index in [4.69, 9.17) is 0 Å². The van der Waals surface area contributed by atoms with Gasteiger partial charge in [0.25, 0.3) is 0 Å². The van der Waals surface area contributed by atoms with Crippen molar-refractivity contribution in [2.24, 2.45) is 5.92 Å². The number of amides is 1. The van der Waals surface area contributed by atoms with Crippen molar-refractivity contribution >= 4 is 21.8 Å². The Kier molecular flexibility index (Phi) is 3.39. The smallest absolute Gasteiger partial charge is 0.226 e. The lowest BCUT2D eigenvalue weighted by Crippen LogP contribution is -2.58. The van der Waals surface area contributed by atoms with Gasteiger partial charge in [0.15, 0.2) is 0 Å². The molecule has 1 saturated carbocycles. The lowest BCUT2D eigenvalue weighted by atomic mass is 9.82. The molecule has 1 aromatic rings. The first kappa shape index (κ1) is 12.2. The summed E-state index contributed by atoms with van der Waals surface area (Å²) in [5, 5.41) is 6.65. The zero-order valence-corrected chi connectivity index (χ0v) is 11.7. The van der Waals surface area contributed by atoms with Crippen LogP contribution in [0.15, 0.2) is 30.3 Å². The molecule has 2 fully saturated rings. The van der Waals surface area contributed by atoms with Crippen LogP contribution in [0.4, 0.5) is 0 Å². The Hall–Kier alpha value is -0.870. The zero-order valence-electron chi connectivity index (χ0n) is 10.1. The van der Waals surface area contributed by atoms with Gasteiger partial charge in [-0.05, 0) is 24.8 Å². The summed E-state index contributed by atoms with van der Waals surface area (Å²) in [6.45, 7) is 0. The second-order valence-corrected chi connectivity index (χ2v) is 6.44. The molecule has 0 bridgehead atoms. The lowest BCUT2D eigenvalue weighted by Gasteiger charge is -2.41. The van der Waals surface area contributed by atoms with Crippen LogP contribution in [0.1, 0.15) is 31.0 Å². The zero-order chi connectivity index (χ0) is 12.5. The van der Waals surface area contributed by atoms with Crippen molar-refractivity contribution in [3.63, 3.8) is 0 Å². The highest BCUT2D eigenvalue weighted by Crippen LogP contribution is 2.33. The minimum absolute atomic E-state index is 0.0353. The highest BCUT2D eigenvalue weighted by molar-refractivity contribution is 9.09. The molecule has 1 aromatic carbocycles. The quantitative estimate of drug-likeness (QED) is 0.782. The van der Waals surface area contributed by atoms with Gasteiger partial charge in [-0.2, -0.15) is 0 Å². The van der Waals surface area contributed by atoms with Crippen LogP contribution in [0.5, 0.6) is 0 Å². The number of benzene rings is 1. The summed E-state index contributed by atoms with van der Waals surface area (Å²) in [5.74, 6) is 0.305. The van der Waals surface area contributed by atoms with Crippen LogP contribution in [-0.2, 0) is 4.79 Å². The van der Waals surface area contributed by atoms with Crippen molar-refractivity contribution < 1.29 is 4.79 Å². The minimum atomic E-state index is -0.0353. The second-order valence-electron chi connectivity index (χ2n) is 5.14. The molecule has 3 rings (SSSR count). The van der Waals surface area contributed by atoms with Crippen LogP contribution in [0, 0.1) is 5.92 Å². The summed E-state index contributed by atoms with van der Waals surface area (Å²) in [4.78, 5) is 12.7. The summed E-state index contributed by atoms with van der Waals surface area (Å²) in [6, 6.07) is 10.4. The van der Waals surface area contributed by atoms with E-state index in [0.717, 1.165) is 24.8 Å². The highest BCUT2D eigenvalue weighted by Gasteiger charge is 2.39. The Labute approximate surface area is 115 Å². The number of halogens is 1. The molecule has 1 heterocycles. The third kappa shape index (κ3) is 2.31. The number of fused-ring (bicyclic) bond motifs is 1. The predicted octanol–water partition coefficient (Wildman–Crippen LogP) is 2.34. The fourth-order valence-corrected chi connectivity index (χ4v) is 3.61. The van der Waals surface area contributed by atoms with E-state index in [0.29, 0.717) is 10.9 Å². The van der Waals surface area contributed by atoms with Gasteiger partial charge in [0.05, 0.1) is 5.92 Å². The number of carbonyl (C=O) groups is 1. The molecular formula is C14H17BrN2O. The fourth-order valence-electron chi connectivity index (χ4n) is 2.94. The van der Waals surface area contributed by atoms with Gasteiger partial charge < -0.3 is 5.32 Å². The third-order valence-electron chi connectivity index (χ3n) is 3.92. The minimum Gasteiger partial charge on any atom is -0.336 e. The van der Waals surface area contributed by atoms with Gasteiger partial charge in [0.2, 0.25) is 5.91 Å². The maximum absolute atomic E-state index is 12.2. The Morgan fingerprint density at radius 3 is 2.72 bits per heavy atom. The summed E-state index contributed by atoms with van der Waals surface area (Å²) in [5.41, 5.74) is 1.13. The molecule has 1 aliphatic carbocycles. The van der Waals surface area contributed by atoms with Crippen molar-refractivity contribution in [2.75, 3.05) is 0 Å². The molecular weight excluding hydrogens is 292 g/mol. The van der Waals surface area contributed by atoms with Gasteiger partial charge in [0.1, 0.15) is 6.17 Å². The van der Waals surface area contributed by atoms with Crippen molar-refractivity contribution in [2.45, 2.75) is 36.3 Å². The van der Waals surface area contributed by atoms with E-state index in [1.54, 1.807) is 0 Å². The summed E-state index contributed by atoms with van der Waals surface area (Å²) >= 11 is 3.63. The predicted molar refractivity (Wildman–Crippen MR) is 74.3 cm³/mol. The third-order valence-corrected chi connectivity index (χ3v) is 4.75. The number of nitrogens with one attached hydrogen (secondary N) is 2. The Morgan fingerprint density at radius 2 is 1.94 bits per heavy atom. The molecule has 2 aliphatic rings. The first-order chi connectivity index (χ1) is 8.74.